The second-order valence-corrected chi connectivity index (χ2v) is 5.35. The summed E-state index contributed by atoms with van der Waals surface area (Å²) >= 11 is 0. The Balaban J connectivity index is 1.97. The van der Waals surface area contributed by atoms with Gasteiger partial charge in [-0.25, -0.2) is 9.78 Å². The number of carbonyl (C=O) groups is 1. The molecule has 1 fully saturated rings. The van der Waals surface area contributed by atoms with Crippen molar-refractivity contribution in [3.63, 3.8) is 0 Å². The molecule has 1 unspecified atom stereocenters. The van der Waals surface area contributed by atoms with Gasteiger partial charge in [-0.1, -0.05) is 0 Å². The third kappa shape index (κ3) is 2.29. The van der Waals surface area contributed by atoms with Crippen molar-refractivity contribution in [1.82, 2.24) is 9.55 Å². The molecule has 0 bridgehead atoms. The monoisotopic (exact) mass is 274 g/mol. The van der Waals surface area contributed by atoms with Gasteiger partial charge in [0.05, 0.1) is 22.9 Å². The predicted octanol–water partition coefficient (Wildman–Crippen LogP) is 2.72. The molecular weight excluding hydrogens is 256 g/mol. The number of hydrogen-bond donors (Lipinski definition) is 1. The SMILES string of the molecule is CC(C1CCOCC1)n1cnc2ccc(C(=O)O)cc21. The van der Waals surface area contributed by atoms with Gasteiger partial charge in [0.25, 0.3) is 0 Å². The quantitative estimate of drug-likeness (QED) is 0.934. The molecule has 5 heteroatoms. The fourth-order valence-corrected chi connectivity index (χ4v) is 2.91. The number of benzene rings is 1. The second-order valence-electron chi connectivity index (χ2n) is 5.35. The summed E-state index contributed by atoms with van der Waals surface area (Å²) in [4.78, 5) is 15.5. The minimum Gasteiger partial charge on any atom is -0.478 e. The Morgan fingerprint density at radius 2 is 2.20 bits per heavy atom. The Kier molecular flexibility index (Phi) is 3.44. The molecule has 1 atom stereocenters. The number of imidazole rings is 1. The average Bonchev–Trinajstić information content (AvgIpc) is 2.90. The first kappa shape index (κ1) is 13.1. The van der Waals surface area contributed by atoms with Gasteiger partial charge in [0.15, 0.2) is 0 Å². The molecule has 2 aromatic rings. The standard InChI is InChI=1S/C15H18N2O3/c1-10(11-4-6-20-7-5-11)17-9-16-13-3-2-12(15(18)19)8-14(13)17/h2-3,8-11H,4-7H2,1H3,(H,18,19). The molecule has 0 saturated carbocycles. The summed E-state index contributed by atoms with van der Waals surface area (Å²) in [7, 11) is 0. The number of carboxylic acid groups (broad SMARTS) is 1. The maximum atomic E-state index is 11.1. The van der Waals surface area contributed by atoms with Crippen LogP contribution in [0, 0.1) is 5.92 Å². The van der Waals surface area contributed by atoms with Gasteiger partial charge in [-0.15, -0.1) is 0 Å². The summed E-state index contributed by atoms with van der Waals surface area (Å²) in [6.07, 6.45) is 3.90. The molecule has 1 aromatic heterocycles. The fourth-order valence-electron chi connectivity index (χ4n) is 2.91. The highest BCUT2D eigenvalue weighted by Crippen LogP contribution is 2.30. The lowest BCUT2D eigenvalue weighted by molar-refractivity contribution is 0.0519. The zero-order valence-electron chi connectivity index (χ0n) is 11.5. The van der Waals surface area contributed by atoms with Crippen LogP contribution < -0.4 is 0 Å². The number of nitrogens with zero attached hydrogens (tertiary/aromatic N) is 2. The molecule has 2 heterocycles. The van der Waals surface area contributed by atoms with Crippen molar-refractivity contribution in [2.45, 2.75) is 25.8 Å². The number of aromatic nitrogens is 2. The number of hydrogen-bond acceptors (Lipinski definition) is 3. The van der Waals surface area contributed by atoms with Gasteiger partial charge in [-0.3, -0.25) is 0 Å². The molecule has 0 aliphatic carbocycles. The summed E-state index contributed by atoms with van der Waals surface area (Å²) in [5, 5.41) is 9.11. The third-order valence-electron chi connectivity index (χ3n) is 4.21. The van der Waals surface area contributed by atoms with Gasteiger partial charge in [-0.2, -0.15) is 0 Å². The van der Waals surface area contributed by atoms with E-state index in [-0.39, 0.29) is 0 Å². The van der Waals surface area contributed by atoms with Crippen LogP contribution in [0.3, 0.4) is 0 Å². The van der Waals surface area contributed by atoms with E-state index < -0.39 is 5.97 Å². The molecular formula is C15H18N2O3. The van der Waals surface area contributed by atoms with Crippen molar-refractivity contribution in [2.75, 3.05) is 13.2 Å². The minimum atomic E-state index is -0.904. The molecule has 3 rings (SSSR count). The van der Waals surface area contributed by atoms with E-state index in [9.17, 15) is 4.79 Å². The van der Waals surface area contributed by atoms with Gasteiger partial charge < -0.3 is 14.4 Å². The molecule has 0 amide bonds. The largest absolute Gasteiger partial charge is 0.478 e. The molecule has 1 aliphatic rings. The Morgan fingerprint density at radius 1 is 1.45 bits per heavy atom. The van der Waals surface area contributed by atoms with Crippen LogP contribution in [0.5, 0.6) is 0 Å². The second kappa shape index (κ2) is 5.25. The van der Waals surface area contributed by atoms with E-state index in [1.54, 1.807) is 18.2 Å². The number of carboxylic acids is 1. The van der Waals surface area contributed by atoms with Crippen LogP contribution in [0.15, 0.2) is 24.5 Å². The minimum absolute atomic E-state index is 0.299. The van der Waals surface area contributed by atoms with Gasteiger partial charge in [-0.05, 0) is 43.9 Å². The Morgan fingerprint density at radius 3 is 2.90 bits per heavy atom. The smallest absolute Gasteiger partial charge is 0.335 e. The zero-order valence-corrected chi connectivity index (χ0v) is 11.5. The first-order chi connectivity index (χ1) is 9.66. The summed E-state index contributed by atoms with van der Waals surface area (Å²) in [5.41, 5.74) is 2.04. The lowest BCUT2D eigenvalue weighted by Crippen LogP contribution is -2.23. The van der Waals surface area contributed by atoms with Crippen LogP contribution >= 0.6 is 0 Å². The van der Waals surface area contributed by atoms with Crippen molar-refractivity contribution in [2.24, 2.45) is 5.92 Å². The van der Waals surface area contributed by atoms with Crippen molar-refractivity contribution >= 4 is 17.0 Å². The summed E-state index contributed by atoms with van der Waals surface area (Å²) in [6, 6.07) is 5.38. The number of aromatic carboxylic acids is 1. The predicted molar refractivity (Wildman–Crippen MR) is 74.9 cm³/mol. The molecule has 0 spiro atoms. The van der Waals surface area contributed by atoms with E-state index in [1.165, 1.54) is 0 Å². The summed E-state index contributed by atoms with van der Waals surface area (Å²) < 4.78 is 7.50. The highest BCUT2D eigenvalue weighted by molar-refractivity contribution is 5.92. The molecule has 1 aromatic carbocycles. The normalized spacial score (nSPS) is 18.2. The van der Waals surface area contributed by atoms with Crippen molar-refractivity contribution < 1.29 is 14.6 Å². The van der Waals surface area contributed by atoms with E-state index in [4.69, 9.17) is 9.84 Å². The first-order valence-corrected chi connectivity index (χ1v) is 6.94. The Hall–Kier alpha value is -1.88. The molecule has 1 saturated heterocycles. The van der Waals surface area contributed by atoms with E-state index in [0.29, 0.717) is 17.5 Å². The zero-order chi connectivity index (χ0) is 14.1. The summed E-state index contributed by atoms with van der Waals surface area (Å²) in [5.74, 6) is -0.354. The van der Waals surface area contributed by atoms with Crippen LogP contribution in [0.4, 0.5) is 0 Å². The topological polar surface area (TPSA) is 64.4 Å². The average molecular weight is 274 g/mol. The van der Waals surface area contributed by atoms with Crippen LogP contribution in [0.1, 0.15) is 36.2 Å². The Labute approximate surface area is 117 Å². The van der Waals surface area contributed by atoms with Crippen LogP contribution in [0.2, 0.25) is 0 Å². The maximum Gasteiger partial charge on any atom is 0.335 e. The van der Waals surface area contributed by atoms with Crippen LogP contribution in [-0.2, 0) is 4.74 Å². The molecule has 106 valence electrons. The van der Waals surface area contributed by atoms with E-state index in [1.807, 2.05) is 6.33 Å². The molecule has 0 radical (unpaired) electrons. The number of rotatable bonds is 3. The van der Waals surface area contributed by atoms with E-state index >= 15 is 0 Å². The molecule has 1 aliphatic heterocycles. The number of ether oxygens (including phenoxy) is 1. The van der Waals surface area contributed by atoms with Gasteiger partial charge in [0, 0.05) is 19.3 Å². The van der Waals surface area contributed by atoms with Crippen molar-refractivity contribution in [3.05, 3.63) is 30.1 Å². The first-order valence-electron chi connectivity index (χ1n) is 6.94. The molecule has 20 heavy (non-hydrogen) atoms. The summed E-state index contributed by atoms with van der Waals surface area (Å²) in [6.45, 7) is 3.79. The molecule has 1 N–H and O–H groups in total. The van der Waals surface area contributed by atoms with Gasteiger partial charge in [0.2, 0.25) is 0 Å². The van der Waals surface area contributed by atoms with Crippen LogP contribution in [0.25, 0.3) is 11.0 Å². The third-order valence-corrected chi connectivity index (χ3v) is 4.21. The lowest BCUT2D eigenvalue weighted by Gasteiger charge is -2.29. The Bertz CT molecular complexity index is 629. The van der Waals surface area contributed by atoms with Crippen molar-refractivity contribution in [3.8, 4) is 0 Å². The highest BCUT2D eigenvalue weighted by Gasteiger charge is 2.23. The number of fused-ring (bicyclic) bond motifs is 1. The lowest BCUT2D eigenvalue weighted by atomic mass is 9.92. The van der Waals surface area contributed by atoms with Gasteiger partial charge in [0.1, 0.15) is 0 Å². The van der Waals surface area contributed by atoms with Gasteiger partial charge >= 0.3 is 5.97 Å². The fraction of sp³-hybridized carbons (Fsp3) is 0.467. The van der Waals surface area contributed by atoms with Crippen LogP contribution in [-0.4, -0.2) is 33.8 Å². The highest BCUT2D eigenvalue weighted by atomic mass is 16.5. The van der Waals surface area contributed by atoms with E-state index in [2.05, 4.69) is 16.5 Å². The maximum absolute atomic E-state index is 11.1. The molecule has 5 nitrogen and oxygen atoms in total. The van der Waals surface area contributed by atoms with E-state index in [0.717, 1.165) is 37.1 Å². The van der Waals surface area contributed by atoms with Crippen molar-refractivity contribution in [1.29, 1.82) is 0 Å².